The molecule has 0 amide bonds. The van der Waals surface area contributed by atoms with Crippen molar-refractivity contribution in [3.63, 3.8) is 0 Å². The van der Waals surface area contributed by atoms with E-state index in [2.05, 4.69) is 247 Å². The van der Waals surface area contributed by atoms with E-state index in [1.807, 2.05) is 55.3 Å². The van der Waals surface area contributed by atoms with Crippen LogP contribution >= 0.6 is 0 Å². The van der Waals surface area contributed by atoms with Gasteiger partial charge in [-0.3, -0.25) is 0 Å². The van der Waals surface area contributed by atoms with Gasteiger partial charge in [-0.2, -0.15) is 12.1 Å². The van der Waals surface area contributed by atoms with Gasteiger partial charge in [0.1, 0.15) is 13.9 Å². The number of fused-ring (bicyclic) bond motifs is 10. The van der Waals surface area contributed by atoms with Crippen molar-refractivity contribution in [3.05, 3.63) is 272 Å². The van der Waals surface area contributed by atoms with Crippen LogP contribution in [0.2, 0.25) is 0 Å². The molecule has 422 valence electrons. The Morgan fingerprint density at radius 2 is 1.00 bits per heavy atom. The number of aromatic nitrogens is 1. The molecule has 0 bridgehead atoms. The Hall–Kier alpha value is -8.54. The van der Waals surface area contributed by atoms with E-state index in [4.69, 9.17) is 13.8 Å². The third kappa shape index (κ3) is 9.55. The summed E-state index contributed by atoms with van der Waals surface area (Å²) in [6, 6.07) is 76.4. The van der Waals surface area contributed by atoms with Crippen molar-refractivity contribution in [1.29, 1.82) is 0 Å². The van der Waals surface area contributed by atoms with Crippen molar-refractivity contribution in [3.8, 4) is 56.0 Å². The van der Waals surface area contributed by atoms with Gasteiger partial charge in [0.25, 0.3) is 0 Å². The maximum absolute atomic E-state index is 9.42. The van der Waals surface area contributed by atoms with Gasteiger partial charge in [-0.05, 0) is 118 Å². The molecule has 10 aromatic carbocycles. The minimum atomic E-state index is -2.97. The minimum Gasteiger partial charge on any atom is -0.509 e. The maximum atomic E-state index is 9.42. The molecule has 0 atom stereocenters. The molecule has 0 saturated carbocycles. The summed E-state index contributed by atoms with van der Waals surface area (Å²) in [5.74, 6) is 1.79. The molecule has 5 nitrogen and oxygen atoms in total. The summed E-state index contributed by atoms with van der Waals surface area (Å²) in [6.45, 7) is 22.0. The zero-order chi connectivity index (χ0) is 62.1. The molecule has 14 rings (SSSR count). The molecule has 3 aliphatic heterocycles. The van der Waals surface area contributed by atoms with Crippen molar-refractivity contribution >= 4 is 68.8 Å². The van der Waals surface area contributed by atoms with E-state index >= 15 is 0 Å². The van der Waals surface area contributed by atoms with E-state index in [0.717, 1.165) is 56.4 Å². The standard InChI is InChI=1S/C78H67N4OSi.Pt/c1-76(2,3)56-27-21-26-53(45-56)54-44-55(47-58(46-54)78(7,8)9)63-33-23-32-62(52-24-11-10-12-25-52)75(63)81-51-80(66-34-15-16-35-67(66)81)59-28-22-29-60(49-59)83-61-40-41-73-69(50-61)82(74-48-57(42-43-79-74)77(4,5)6)68-36-17-20-39-72(68)84(73)70-37-18-13-30-64(70)65-31-14-19-38-71(65)84;/h10-48,51H,1-9H3;/q-3;/i10D,11D,12D,24D,25D;. The van der Waals surface area contributed by atoms with Gasteiger partial charge in [-0.1, -0.05) is 232 Å². The zero-order valence-electron chi connectivity index (χ0n) is 54.2. The van der Waals surface area contributed by atoms with Crippen LogP contribution in [-0.4, -0.2) is 13.1 Å². The number of hydrogen-bond acceptors (Lipinski definition) is 5. The topological polar surface area (TPSA) is 31.8 Å². The van der Waals surface area contributed by atoms with Crippen molar-refractivity contribution in [1.82, 2.24) is 4.98 Å². The molecule has 1 spiro atoms. The molecule has 0 N–H and O–H groups in total. The normalized spacial score (nSPS) is 14.6. The average Bonchev–Trinajstić information content (AvgIpc) is 1.36. The first-order chi connectivity index (χ1) is 42.6. The predicted molar refractivity (Wildman–Crippen MR) is 353 cm³/mol. The van der Waals surface area contributed by atoms with Crippen LogP contribution in [0.5, 0.6) is 11.5 Å². The van der Waals surface area contributed by atoms with E-state index in [0.29, 0.717) is 28.4 Å². The van der Waals surface area contributed by atoms with Gasteiger partial charge >= 0.3 is 0 Å². The third-order valence-electron chi connectivity index (χ3n) is 17.0. The molecular formula is C78H67N4OPtSi-3. The minimum absolute atomic E-state index is 0. The molecule has 0 unspecified atom stereocenters. The number of anilines is 7. The van der Waals surface area contributed by atoms with Crippen molar-refractivity contribution in [2.45, 2.75) is 78.6 Å². The van der Waals surface area contributed by atoms with Gasteiger partial charge in [0.2, 0.25) is 0 Å². The first kappa shape index (κ1) is 49.8. The maximum Gasteiger partial charge on any atom is 0.135 e. The summed E-state index contributed by atoms with van der Waals surface area (Å²) in [5.41, 5.74) is 15.0. The van der Waals surface area contributed by atoms with Crippen LogP contribution in [-0.2, 0) is 37.3 Å². The second-order valence-corrected chi connectivity index (χ2v) is 29.0. The molecule has 4 heterocycles. The van der Waals surface area contributed by atoms with E-state index in [-0.39, 0.29) is 55.0 Å². The Morgan fingerprint density at radius 3 is 1.69 bits per heavy atom. The summed E-state index contributed by atoms with van der Waals surface area (Å²) < 4.78 is 52.3. The summed E-state index contributed by atoms with van der Waals surface area (Å²) in [6.07, 6.45) is 1.92. The van der Waals surface area contributed by atoms with Crippen LogP contribution in [0.1, 0.15) is 85.9 Å². The van der Waals surface area contributed by atoms with E-state index in [1.165, 1.54) is 43.0 Å². The molecule has 11 aromatic rings. The SMILES string of the molecule is [2H]c1c([2H])c([2H])c(-c2cccc(-c3cc(-c4cccc(C(C)(C)C)c4)cc(C(C)(C)C)c3)c2N2[CH-]N(c3[c-]c(Oc4[c-]c5c(cc4)[Si]4(c6ccccc6-c6ccccc64)c4ccccc4N5c4cc(C(C)(C)C)ccn4)ccc3)c3ccccc32)c([2H])c1[2H].[Pt]. The van der Waals surface area contributed by atoms with Crippen molar-refractivity contribution in [2.75, 3.05) is 14.7 Å². The number of rotatable bonds is 8. The molecule has 7 heteroatoms. The van der Waals surface area contributed by atoms with Gasteiger partial charge in [0.15, 0.2) is 0 Å². The first-order valence-corrected chi connectivity index (χ1v) is 30.9. The Bertz CT molecular complexity index is 4630. The quantitative estimate of drug-likeness (QED) is 0.112. The molecule has 85 heavy (non-hydrogen) atoms. The number of pyridine rings is 1. The predicted octanol–water partition coefficient (Wildman–Crippen LogP) is 17.9. The molecular weight excluding hydrogens is 1230 g/mol. The Labute approximate surface area is 524 Å². The second kappa shape index (κ2) is 21.2. The molecule has 1 aromatic heterocycles. The van der Waals surface area contributed by atoms with Crippen LogP contribution in [0.4, 0.5) is 39.9 Å². The molecule has 0 fully saturated rings. The van der Waals surface area contributed by atoms with Crippen LogP contribution < -0.4 is 40.2 Å². The number of para-hydroxylation sites is 4. The smallest absolute Gasteiger partial charge is 0.135 e. The number of ether oxygens (including phenoxy) is 1. The van der Waals surface area contributed by atoms with E-state index in [9.17, 15) is 2.74 Å². The third-order valence-corrected chi connectivity index (χ3v) is 21.9. The number of nitrogens with zero attached hydrogens (tertiary/aromatic N) is 4. The monoisotopic (exact) mass is 1300 g/mol. The van der Waals surface area contributed by atoms with Gasteiger partial charge in [0, 0.05) is 72.6 Å². The Kier molecular flexibility index (Phi) is 12.4. The fourth-order valence-corrected chi connectivity index (χ4v) is 18.2. The fourth-order valence-electron chi connectivity index (χ4n) is 12.7. The van der Waals surface area contributed by atoms with E-state index in [1.54, 1.807) is 0 Å². The summed E-state index contributed by atoms with van der Waals surface area (Å²) >= 11 is 0. The number of benzene rings is 10. The van der Waals surface area contributed by atoms with Crippen LogP contribution in [0.3, 0.4) is 0 Å². The van der Waals surface area contributed by atoms with Gasteiger partial charge in [0.05, 0.1) is 6.85 Å². The van der Waals surface area contributed by atoms with Gasteiger partial charge in [-0.25, -0.2) is 4.98 Å². The summed E-state index contributed by atoms with van der Waals surface area (Å²) in [7, 11) is -2.97. The molecule has 3 aliphatic rings. The summed E-state index contributed by atoms with van der Waals surface area (Å²) in [5, 5.41) is 5.18. The molecule has 0 aliphatic carbocycles. The Morgan fingerprint density at radius 1 is 0.447 bits per heavy atom. The second-order valence-electron chi connectivity index (χ2n) is 25.4. The van der Waals surface area contributed by atoms with Gasteiger partial charge in [-0.15, -0.1) is 47.9 Å². The largest absolute Gasteiger partial charge is 0.509 e. The van der Waals surface area contributed by atoms with Crippen LogP contribution in [0.25, 0.3) is 44.5 Å². The first-order valence-electron chi connectivity index (χ1n) is 31.4. The molecule has 0 radical (unpaired) electrons. The zero-order valence-corrected chi connectivity index (χ0v) is 52.5. The molecule has 0 saturated heterocycles. The van der Waals surface area contributed by atoms with Crippen molar-refractivity contribution < 1.29 is 32.7 Å². The number of hydrogen-bond donors (Lipinski definition) is 0. The van der Waals surface area contributed by atoms with E-state index < -0.39 is 26.2 Å². The fraction of sp³-hybridized carbons (Fsp3) is 0.154. The summed E-state index contributed by atoms with van der Waals surface area (Å²) in [4.78, 5) is 11.6. The van der Waals surface area contributed by atoms with Crippen molar-refractivity contribution in [2.24, 2.45) is 0 Å². The average molecular weight is 1300 g/mol. The van der Waals surface area contributed by atoms with Crippen LogP contribution in [0.15, 0.2) is 237 Å². The Balaban J connectivity index is 0.00000743. The van der Waals surface area contributed by atoms with Crippen LogP contribution in [0, 0.1) is 18.8 Å². The van der Waals surface area contributed by atoms with Gasteiger partial charge < -0.3 is 19.4 Å².